The highest BCUT2D eigenvalue weighted by atomic mass is 16.5. The lowest BCUT2D eigenvalue weighted by Gasteiger charge is -2.18. The van der Waals surface area contributed by atoms with Crippen LogP contribution in [0.3, 0.4) is 0 Å². The van der Waals surface area contributed by atoms with Crippen molar-refractivity contribution in [1.82, 2.24) is 15.6 Å². The Balaban J connectivity index is 1.41. The summed E-state index contributed by atoms with van der Waals surface area (Å²) in [6, 6.07) is 16.5. The Hall–Kier alpha value is -3.68. The van der Waals surface area contributed by atoms with Crippen LogP contribution >= 0.6 is 0 Å². The lowest BCUT2D eigenvalue weighted by molar-refractivity contribution is -0.145. The monoisotopic (exact) mass is 450 g/mol. The van der Waals surface area contributed by atoms with Crippen LogP contribution in [0.5, 0.6) is 5.75 Å². The Bertz CT molecular complexity index is 952. The van der Waals surface area contributed by atoms with Crippen molar-refractivity contribution in [2.45, 2.75) is 38.6 Å². The highest BCUT2D eigenvalue weighted by molar-refractivity contribution is 6.35. The van der Waals surface area contributed by atoms with E-state index in [1.54, 1.807) is 29.2 Å². The summed E-state index contributed by atoms with van der Waals surface area (Å²) in [6.45, 7) is 3.04. The number of amides is 3. The average Bonchev–Trinajstić information content (AvgIpc) is 3.13. The van der Waals surface area contributed by atoms with Crippen LogP contribution in [0.4, 0.5) is 0 Å². The molecular formula is C25H30N4O4. The van der Waals surface area contributed by atoms with E-state index in [-0.39, 0.29) is 18.6 Å². The van der Waals surface area contributed by atoms with E-state index in [0.717, 1.165) is 31.2 Å². The molecule has 0 radical (unpaired) electrons. The third kappa shape index (κ3) is 7.75. The Labute approximate surface area is 194 Å². The fourth-order valence-electron chi connectivity index (χ4n) is 3.54. The number of hydrogen-bond donors (Lipinski definition) is 2. The predicted molar refractivity (Wildman–Crippen MR) is 126 cm³/mol. The van der Waals surface area contributed by atoms with Gasteiger partial charge in [0.25, 0.3) is 5.91 Å². The summed E-state index contributed by atoms with van der Waals surface area (Å²) in [6.07, 6.45) is 5.46. The summed E-state index contributed by atoms with van der Waals surface area (Å²) in [5, 5.41) is 6.77. The quantitative estimate of drug-likeness (QED) is 0.385. The number of nitrogens with zero attached hydrogens (tertiary/aromatic N) is 2. The molecule has 0 aliphatic carbocycles. The Morgan fingerprint density at radius 3 is 2.33 bits per heavy atom. The molecule has 1 heterocycles. The summed E-state index contributed by atoms with van der Waals surface area (Å²) < 4.78 is 5.53. The molecule has 174 valence electrons. The van der Waals surface area contributed by atoms with Gasteiger partial charge in [-0.05, 0) is 55.2 Å². The number of hydrazone groups is 1. The zero-order chi connectivity index (χ0) is 23.5. The lowest BCUT2D eigenvalue weighted by Crippen LogP contribution is -2.41. The first-order chi connectivity index (χ1) is 16.0. The van der Waals surface area contributed by atoms with Gasteiger partial charge in [0.05, 0.1) is 12.3 Å². The van der Waals surface area contributed by atoms with E-state index in [9.17, 15) is 14.4 Å². The summed E-state index contributed by atoms with van der Waals surface area (Å²) >= 11 is 0. The van der Waals surface area contributed by atoms with Crippen molar-refractivity contribution in [3.8, 4) is 5.75 Å². The molecular weight excluding hydrogens is 420 g/mol. The molecule has 8 nitrogen and oxygen atoms in total. The normalized spacial score (nSPS) is 14.9. The first-order valence-corrected chi connectivity index (χ1v) is 11.2. The fraction of sp³-hybridized carbons (Fsp3) is 0.360. The minimum atomic E-state index is -0.733. The van der Waals surface area contributed by atoms with Gasteiger partial charge >= 0.3 is 11.8 Å². The van der Waals surface area contributed by atoms with Gasteiger partial charge in [0.15, 0.2) is 6.61 Å². The minimum Gasteiger partial charge on any atom is -0.484 e. The van der Waals surface area contributed by atoms with Crippen molar-refractivity contribution < 1.29 is 19.1 Å². The number of carbonyl (C=O) groups is 3. The van der Waals surface area contributed by atoms with Crippen LogP contribution in [-0.4, -0.2) is 48.5 Å². The summed E-state index contributed by atoms with van der Waals surface area (Å²) in [4.78, 5) is 38.0. The highest BCUT2D eigenvalue weighted by Crippen LogP contribution is 2.13. The summed E-state index contributed by atoms with van der Waals surface area (Å²) in [5.74, 6) is -0.953. The molecule has 0 saturated carbocycles. The van der Waals surface area contributed by atoms with Crippen LogP contribution in [0.15, 0.2) is 59.7 Å². The second kappa shape index (κ2) is 12.4. The second-order valence-corrected chi connectivity index (χ2v) is 7.96. The minimum absolute atomic E-state index is 0.0979. The van der Waals surface area contributed by atoms with E-state index in [0.29, 0.717) is 24.4 Å². The predicted octanol–water partition coefficient (Wildman–Crippen LogP) is 2.80. The van der Waals surface area contributed by atoms with Gasteiger partial charge in [0.2, 0.25) is 0 Å². The standard InChI is InChI=1S/C25H30N4O4/c1-19(21-9-5-4-6-10-21)27-23(30)18-33-22-13-11-20(12-14-22)17-26-28-24(31)25(32)29-15-7-2-3-8-16-29/h4-6,9-14,17,19H,2-3,7-8,15-16,18H2,1H3,(H,27,30)(H,28,31)/b26-17-/t19-/m0/s1. The van der Waals surface area contributed by atoms with Crippen LogP contribution in [-0.2, 0) is 14.4 Å². The number of rotatable bonds is 7. The first kappa shape index (κ1) is 24.0. The molecule has 0 unspecified atom stereocenters. The number of nitrogens with one attached hydrogen (secondary N) is 2. The van der Waals surface area contributed by atoms with Gasteiger partial charge in [-0.3, -0.25) is 14.4 Å². The van der Waals surface area contributed by atoms with E-state index < -0.39 is 11.8 Å². The zero-order valence-corrected chi connectivity index (χ0v) is 18.8. The van der Waals surface area contributed by atoms with Crippen LogP contribution in [0.25, 0.3) is 0 Å². The number of ether oxygens (including phenoxy) is 1. The fourth-order valence-corrected chi connectivity index (χ4v) is 3.54. The zero-order valence-electron chi connectivity index (χ0n) is 18.8. The molecule has 3 rings (SSSR count). The SMILES string of the molecule is C[C@H](NC(=O)COc1ccc(/C=N\NC(=O)C(=O)N2CCCCCC2)cc1)c1ccccc1. The molecule has 33 heavy (non-hydrogen) atoms. The smallest absolute Gasteiger partial charge is 0.329 e. The maximum Gasteiger partial charge on any atom is 0.329 e. The van der Waals surface area contributed by atoms with Crippen LogP contribution in [0, 0.1) is 0 Å². The topological polar surface area (TPSA) is 100 Å². The molecule has 2 N–H and O–H groups in total. The van der Waals surface area contributed by atoms with Crippen molar-refractivity contribution in [3.05, 3.63) is 65.7 Å². The molecule has 3 amide bonds. The van der Waals surface area contributed by atoms with Gasteiger partial charge < -0.3 is 15.0 Å². The molecule has 1 aliphatic rings. The highest BCUT2D eigenvalue weighted by Gasteiger charge is 2.22. The van der Waals surface area contributed by atoms with Crippen molar-refractivity contribution in [2.75, 3.05) is 19.7 Å². The lowest BCUT2D eigenvalue weighted by atomic mass is 10.1. The average molecular weight is 451 g/mol. The van der Waals surface area contributed by atoms with Crippen molar-refractivity contribution in [1.29, 1.82) is 0 Å². The van der Waals surface area contributed by atoms with E-state index in [4.69, 9.17) is 4.74 Å². The van der Waals surface area contributed by atoms with Crippen molar-refractivity contribution >= 4 is 23.9 Å². The Morgan fingerprint density at radius 1 is 1.00 bits per heavy atom. The molecule has 2 aromatic carbocycles. The van der Waals surface area contributed by atoms with E-state index in [1.807, 2.05) is 37.3 Å². The molecule has 1 saturated heterocycles. The number of carbonyl (C=O) groups excluding carboxylic acids is 3. The molecule has 1 aliphatic heterocycles. The van der Waals surface area contributed by atoms with Gasteiger partial charge in [0, 0.05) is 13.1 Å². The molecule has 1 fully saturated rings. The van der Waals surface area contributed by atoms with Crippen molar-refractivity contribution in [3.63, 3.8) is 0 Å². The number of likely N-dealkylation sites (tertiary alicyclic amines) is 1. The van der Waals surface area contributed by atoms with Gasteiger partial charge in [-0.15, -0.1) is 0 Å². The molecule has 0 spiro atoms. The van der Waals surface area contributed by atoms with E-state index in [1.165, 1.54) is 6.21 Å². The Kier molecular flexibility index (Phi) is 8.99. The van der Waals surface area contributed by atoms with Crippen LogP contribution in [0.1, 0.15) is 49.8 Å². The third-order valence-corrected chi connectivity index (χ3v) is 5.39. The summed E-state index contributed by atoms with van der Waals surface area (Å²) in [5.41, 5.74) is 4.03. The molecule has 1 atom stereocenters. The van der Waals surface area contributed by atoms with Gasteiger partial charge in [-0.1, -0.05) is 43.2 Å². The van der Waals surface area contributed by atoms with Gasteiger partial charge in [-0.2, -0.15) is 5.10 Å². The van der Waals surface area contributed by atoms with Crippen LogP contribution < -0.4 is 15.5 Å². The van der Waals surface area contributed by atoms with Gasteiger partial charge in [-0.25, -0.2) is 5.43 Å². The number of hydrogen-bond acceptors (Lipinski definition) is 5. The maximum absolute atomic E-state index is 12.2. The van der Waals surface area contributed by atoms with Gasteiger partial charge in [0.1, 0.15) is 5.75 Å². The molecule has 8 heteroatoms. The van der Waals surface area contributed by atoms with E-state index in [2.05, 4.69) is 15.8 Å². The molecule has 2 aromatic rings. The first-order valence-electron chi connectivity index (χ1n) is 11.2. The Morgan fingerprint density at radius 2 is 1.67 bits per heavy atom. The third-order valence-electron chi connectivity index (χ3n) is 5.39. The largest absolute Gasteiger partial charge is 0.484 e. The van der Waals surface area contributed by atoms with Crippen molar-refractivity contribution in [2.24, 2.45) is 5.10 Å². The second-order valence-electron chi connectivity index (χ2n) is 7.96. The van der Waals surface area contributed by atoms with Crippen LogP contribution in [0.2, 0.25) is 0 Å². The summed E-state index contributed by atoms with van der Waals surface area (Å²) in [7, 11) is 0. The molecule has 0 bridgehead atoms. The maximum atomic E-state index is 12.2. The molecule has 0 aromatic heterocycles. The number of benzene rings is 2. The van der Waals surface area contributed by atoms with E-state index >= 15 is 0 Å².